The highest BCUT2D eigenvalue weighted by molar-refractivity contribution is 6.33. The second kappa shape index (κ2) is 8.08. The van der Waals surface area contributed by atoms with Crippen LogP contribution in [0.5, 0.6) is 11.5 Å². The lowest BCUT2D eigenvalue weighted by molar-refractivity contribution is -0.125. The number of hydrogen-bond donors (Lipinski definition) is 2. The normalized spacial score (nSPS) is 15.2. The van der Waals surface area contributed by atoms with E-state index in [0.29, 0.717) is 33.6 Å². The summed E-state index contributed by atoms with van der Waals surface area (Å²) in [6.07, 6.45) is 1.58. The quantitative estimate of drug-likeness (QED) is 0.648. The van der Waals surface area contributed by atoms with Crippen LogP contribution in [0.3, 0.4) is 0 Å². The summed E-state index contributed by atoms with van der Waals surface area (Å²) in [5, 5.41) is 10.4. The van der Waals surface area contributed by atoms with Crippen LogP contribution >= 0.6 is 11.6 Å². The van der Waals surface area contributed by atoms with Crippen LogP contribution in [-0.4, -0.2) is 35.8 Å². The van der Waals surface area contributed by atoms with E-state index in [1.165, 1.54) is 4.68 Å². The van der Waals surface area contributed by atoms with Crippen molar-refractivity contribution in [3.8, 4) is 22.6 Å². The molecule has 9 heteroatoms. The lowest BCUT2D eigenvalue weighted by atomic mass is 10.1. The van der Waals surface area contributed by atoms with Crippen molar-refractivity contribution in [2.24, 2.45) is 0 Å². The van der Waals surface area contributed by atoms with Crippen LogP contribution in [0.1, 0.15) is 12.5 Å². The van der Waals surface area contributed by atoms with E-state index in [2.05, 4.69) is 15.7 Å². The summed E-state index contributed by atoms with van der Waals surface area (Å²) < 4.78 is 12.1. The van der Waals surface area contributed by atoms with Crippen molar-refractivity contribution in [2.75, 3.05) is 24.9 Å². The van der Waals surface area contributed by atoms with Gasteiger partial charge in [0.2, 0.25) is 11.8 Å². The van der Waals surface area contributed by atoms with Crippen LogP contribution in [0, 0.1) is 0 Å². The third-order valence-corrected chi connectivity index (χ3v) is 5.19. The standard InChI is InChI=1S/C21H19ClN4O4/c1-29-17-8-7-12(9-18(17)30-2)13-11-23-26-16(10-19(27)25-20(13)26)21(28)24-15-6-4-3-5-14(15)22/h3-9,11,16H,10H2,1-2H3,(H,24,28)(H,25,27)/t16-/m0/s1. The highest BCUT2D eigenvalue weighted by Gasteiger charge is 2.33. The molecule has 2 amide bonds. The molecule has 0 spiro atoms. The molecule has 2 aromatic carbocycles. The zero-order valence-corrected chi connectivity index (χ0v) is 17.1. The van der Waals surface area contributed by atoms with Gasteiger partial charge in [-0.2, -0.15) is 5.10 Å². The minimum atomic E-state index is -0.807. The number of anilines is 2. The second-order valence-corrected chi connectivity index (χ2v) is 7.07. The number of amides is 2. The summed E-state index contributed by atoms with van der Waals surface area (Å²) >= 11 is 6.14. The molecule has 1 aliphatic heterocycles. The molecule has 0 radical (unpaired) electrons. The molecule has 0 saturated heterocycles. The summed E-state index contributed by atoms with van der Waals surface area (Å²) in [7, 11) is 3.10. The molecule has 0 saturated carbocycles. The fourth-order valence-electron chi connectivity index (χ4n) is 3.37. The van der Waals surface area contributed by atoms with E-state index in [-0.39, 0.29) is 18.2 Å². The Morgan fingerprint density at radius 3 is 2.70 bits per heavy atom. The van der Waals surface area contributed by atoms with E-state index < -0.39 is 6.04 Å². The van der Waals surface area contributed by atoms with Crippen molar-refractivity contribution in [1.82, 2.24) is 9.78 Å². The predicted octanol–water partition coefficient (Wildman–Crippen LogP) is 3.74. The molecule has 30 heavy (non-hydrogen) atoms. The SMILES string of the molecule is COc1ccc(-c2cnn3c2NC(=O)C[C@H]3C(=O)Nc2ccccc2Cl)cc1OC. The largest absolute Gasteiger partial charge is 0.493 e. The van der Waals surface area contributed by atoms with Crippen LogP contribution in [0.4, 0.5) is 11.5 Å². The fraction of sp³-hybridized carbons (Fsp3) is 0.190. The van der Waals surface area contributed by atoms with Crippen LogP contribution in [0.25, 0.3) is 11.1 Å². The average molecular weight is 427 g/mol. The maximum Gasteiger partial charge on any atom is 0.249 e. The number of rotatable bonds is 5. The Hall–Kier alpha value is -3.52. The Labute approximate surface area is 177 Å². The van der Waals surface area contributed by atoms with E-state index in [4.69, 9.17) is 21.1 Å². The first kappa shape index (κ1) is 19.8. The molecule has 1 aliphatic rings. The molecule has 0 bridgehead atoms. The summed E-state index contributed by atoms with van der Waals surface area (Å²) in [5.41, 5.74) is 1.91. The maximum absolute atomic E-state index is 12.9. The van der Waals surface area contributed by atoms with Crippen LogP contribution < -0.4 is 20.1 Å². The number of fused-ring (bicyclic) bond motifs is 1. The summed E-state index contributed by atoms with van der Waals surface area (Å²) in [6.45, 7) is 0. The van der Waals surface area contributed by atoms with Crippen LogP contribution in [0.15, 0.2) is 48.7 Å². The number of nitrogens with one attached hydrogen (secondary N) is 2. The monoisotopic (exact) mass is 426 g/mol. The van der Waals surface area contributed by atoms with Crippen molar-refractivity contribution < 1.29 is 19.1 Å². The number of hydrogen-bond acceptors (Lipinski definition) is 5. The molecular formula is C21H19ClN4O4. The highest BCUT2D eigenvalue weighted by atomic mass is 35.5. The number of ether oxygens (including phenoxy) is 2. The number of carbonyl (C=O) groups excluding carboxylic acids is 2. The molecular weight excluding hydrogens is 408 g/mol. The summed E-state index contributed by atoms with van der Waals surface area (Å²) in [4.78, 5) is 25.3. The Bertz CT molecular complexity index is 1130. The molecule has 2 heterocycles. The summed E-state index contributed by atoms with van der Waals surface area (Å²) in [5.74, 6) is 0.927. The van der Waals surface area contributed by atoms with Gasteiger partial charge in [0, 0.05) is 5.56 Å². The third-order valence-electron chi connectivity index (χ3n) is 4.86. The van der Waals surface area contributed by atoms with Crippen molar-refractivity contribution in [1.29, 1.82) is 0 Å². The van der Waals surface area contributed by atoms with Gasteiger partial charge in [-0.25, -0.2) is 4.68 Å². The lowest BCUT2D eigenvalue weighted by Gasteiger charge is -2.24. The van der Waals surface area contributed by atoms with E-state index in [0.717, 1.165) is 5.56 Å². The summed E-state index contributed by atoms with van der Waals surface area (Å²) in [6, 6.07) is 11.5. The molecule has 0 unspecified atom stereocenters. The Morgan fingerprint density at radius 1 is 1.20 bits per heavy atom. The molecule has 1 aromatic heterocycles. The Balaban J connectivity index is 1.69. The maximum atomic E-state index is 12.9. The highest BCUT2D eigenvalue weighted by Crippen LogP contribution is 2.38. The van der Waals surface area contributed by atoms with E-state index in [9.17, 15) is 9.59 Å². The molecule has 0 aliphatic carbocycles. The van der Waals surface area contributed by atoms with E-state index >= 15 is 0 Å². The van der Waals surface area contributed by atoms with Gasteiger partial charge >= 0.3 is 0 Å². The van der Waals surface area contributed by atoms with E-state index in [1.54, 1.807) is 56.8 Å². The number of benzene rings is 2. The first-order valence-corrected chi connectivity index (χ1v) is 9.54. The van der Waals surface area contributed by atoms with Crippen molar-refractivity contribution in [2.45, 2.75) is 12.5 Å². The first-order valence-electron chi connectivity index (χ1n) is 9.17. The minimum Gasteiger partial charge on any atom is -0.493 e. The molecule has 1 atom stereocenters. The smallest absolute Gasteiger partial charge is 0.249 e. The van der Waals surface area contributed by atoms with Gasteiger partial charge in [0.1, 0.15) is 11.9 Å². The molecule has 4 rings (SSSR count). The molecule has 154 valence electrons. The second-order valence-electron chi connectivity index (χ2n) is 6.66. The molecule has 0 fully saturated rings. The molecule has 8 nitrogen and oxygen atoms in total. The topological polar surface area (TPSA) is 94.5 Å². The van der Waals surface area contributed by atoms with Gasteiger partial charge in [-0.15, -0.1) is 0 Å². The number of carbonyl (C=O) groups is 2. The van der Waals surface area contributed by atoms with Gasteiger partial charge in [-0.05, 0) is 29.8 Å². The number of halogens is 1. The zero-order valence-electron chi connectivity index (χ0n) is 16.3. The van der Waals surface area contributed by atoms with Crippen LogP contribution in [0.2, 0.25) is 5.02 Å². The fourth-order valence-corrected chi connectivity index (χ4v) is 3.55. The number of para-hydroxylation sites is 1. The molecule has 2 N–H and O–H groups in total. The van der Waals surface area contributed by atoms with Gasteiger partial charge in [0.25, 0.3) is 0 Å². The zero-order chi connectivity index (χ0) is 21.3. The number of methoxy groups -OCH3 is 2. The van der Waals surface area contributed by atoms with Gasteiger partial charge < -0.3 is 20.1 Å². The van der Waals surface area contributed by atoms with Crippen molar-refractivity contribution in [3.63, 3.8) is 0 Å². The van der Waals surface area contributed by atoms with Crippen LogP contribution in [-0.2, 0) is 9.59 Å². The van der Waals surface area contributed by atoms with Gasteiger partial charge in [0.15, 0.2) is 11.5 Å². The minimum absolute atomic E-state index is 0.0314. The Morgan fingerprint density at radius 2 is 1.97 bits per heavy atom. The average Bonchev–Trinajstić information content (AvgIpc) is 3.17. The molecule has 3 aromatic rings. The van der Waals surface area contributed by atoms with E-state index in [1.807, 2.05) is 6.07 Å². The first-order chi connectivity index (χ1) is 14.5. The number of nitrogens with zero attached hydrogens (tertiary/aromatic N) is 2. The van der Waals surface area contributed by atoms with Gasteiger partial charge in [-0.3, -0.25) is 9.59 Å². The lowest BCUT2D eigenvalue weighted by Crippen LogP contribution is -2.35. The Kier molecular flexibility index (Phi) is 5.33. The van der Waals surface area contributed by atoms with Gasteiger partial charge in [-0.1, -0.05) is 29.8 Å². The van der Waals surface area contributed by atoms with Crippen molar-refractivity contribution in [3.05, 3.63) is 53.7 Å². The van der Waals surface area contributed by atoms with Crippen molar-refractivity contribution >= 4 is 34.9 Å². The predicted molar refractivity (Wildman–Crippen MR) is 113 cm³/mol. The third kappa shape index (κ3) is 3.57. The van der Waals surface area contributed by atoms with Gasteiger partial charge in [0.05, 0.1) is 37.5 Å². The number of aromatic nitrogens is 2.